The molecule has 0 atom stereocenters. The van der Waals surface area contributed by atoms with Gasteiger partial charge in [-0.1, -0.05) is 30.3 Å². The van der Waals surface area contributed by atoms with Gasteiger partial charge in [0.2, 0.25) is 11.5 Å². The number of halogens is 3. The van der Waals surface area contributed by atoms with Crippen molar-refractivity contribution in [3.63, 3.8) is 0 Å². The Labute approximate surface area is 147 Å². The molecule has 0 bridgehead atoms. The Kier molecular flexibility index (Phi) is 5.06. The van der Waals surface area contributed by atoms with Crippen LogP contribution in [0.5, 0.6) is 11.5 Å². The highest BCUT2D eigenvalue weighted by Gasteiger charge is 2.36. The quantitative estimate of drug-likeness (QED) is 0.559. The fourth-order valence-electron chi connectivity index (χ4n) is 2.25. The highest BCUT2D eigenvalue weighted by Crippen LogP contribution is 2.29. The van der Waals surface area contributed by atoms with E-state index in [0.717, 1.165) is 5.56 Å². The van der Waals surface area contributed by atoms with Gasteiger partial charge in [-0.15, -0.1) is 0 Å². The van der Waals surface area contributed by atoms with Crippen LogP contribution in [0.2, 0.25) is 0 Å². The van der Waals surface area contributed by atoms with E-state index >= 15 is 0 Å². The second kappa shape index (κ2) is 7.43. The van der Waals surface area contributed by atoms with Crippen LogP contribution in [0.25, 0.3) is 0 Å². The summed E-state index contributed by atoms with van der Waals surface area (Å²) in [5.74, 6) is -1.02. The molecule has 0 aliphatic rings. The third kappa shape index (κ3) is 4.50. The van der Waals surface area contributed by atoms with Gasteiger partial charge in [0.1, 0.15) is 11.5 Å². The summed E-state index contributed by atoms with van der Waals surface area (Å²) in [6, 6.07) is 16.4. The molecule has 7 heteroatoms. The number of carbonyl (C=O) groups is 1. The third-order valence-electron chi connectivity index (χ3n) is 3.57. The van der Waals surface area contributed by atoms with Crippen molar-refractivity contribution >= 4 is 5.78 Å². The van der Waals surface area contributed by atoms with E-state index < -0.39 is 23.6 Å². The van der Waals surface area contributed by atoms with E-state index in [4.69, 9.17) is 4.74 Å². The number of ether oxygens (including phenoxy) is 1. The Morgan fingerprint density at radius 2 is 1.65 bits per heavy atom. The van der Waals surface area contributed by atoms with E-state index in [-0.39, 0.29) is 6.42 Å². The van der Waals surface area contributed by atoms with Crippen LogP contribution in [0.15, 0.2) is 65.2 Å². The smallest absolute Gasteiger partial charge is 0.451 e. The number of rotatable bonds is 6. The van der Waals surface area contributed by atoms with E-state index in [0.29, 0.717) is 24.1 Å². The van der Waals surface area contributed by atoms with E-state index in [9.17, 15) is 18.0 Å². The van der Waals surface area contributed by atoms with Gasteiger partial charge in [0.05, 0.1) is 6.20 Å². The summed E-state index contributed by atoms with van der Waals surface area (Å²) < 4.78 is 47.5. The zero-order valence-corrected chi connectivity index (χ0v) is 13.5. The number of nitrogens with zero attached hydrogens (tertiary/aromatic N) is 1. The molecule has 1 heterocycles. The maximum atomic E-state index is 12.5. The minimum absolute atomic E-state index is 0.00327. The summed E-state index contributed by atoms with van der Waals surface area (Å²) in [5, 5.41) is 0. The van der Waals surface area contributed by atoms with Crippen molar-refractivity contribution in [2.75, 3.05) is 0 Å². The number of Topliss-reactive ketones (excluding diaryl/α,β-unsaturated/α-hetero) is 1. The number of para-hydroxylation sites is 1. The van der Waals surface area contributed by atoms with Gasteiger partial charge in [-0.25, -0.2) is 4.98 Å². The van der Waals surface area contributed by atoms with E-state index in [2.05, 4.69) is 9.40 Å². The van der Waals surface area contributed by atoms with Gasteiger partial charge in [0.15, 0.2) is 0 Å². The number of hydrogen-bond donors (Lipinski definition) is 0. The van der Waals surface area contributed by atoms with Gasteiger partial charge in [-0.3, -0.25) is 4.79 Å². The van der Waals surface area contributed by atoms with Crippen molar-refractivity contribution < 1.29 is 27.1 Å². The first-order valence-corrected chi connectivity index (χ1v) is 7.80. The van der Waals surface area contributed by atoms with Crippen molar-refractivity contribution in [1.29, 1.82) is 0 Å². The molecule has 2 aromatic carbocycles. The molecule has 4 nitrogen and oxygen atoms in total. The lowest BCUT2D eigenvalue weighted by Crippen LogP contribution is -2.03. The Morgan fingerprint density at radius 3 is 2.27 bits per heavy atom. The summed E-state index contributed by atoms with van der Waals surface area (Å²) in [6.45, 7) is 0. The van der Waals surface area contributed by atoms with Crippen LogP contribution in [0.1, 0.15) is 28.4 Å². The molecule has 0 aliphatic carbocycles. The molecule has 0 unspecified atom stereocenters. The molecule has 0 saturated carbocycles. The Balaban J connectivity index is 1.56. The molecule has 134 valence electrons. The lowest BCUT2D eigenvalue weighted by atomic mass is 10.1. The van der Waals surface area contributed by atoms with E-state index in [1.165, 1.54) is 0 Å². The van der Waals surface area contributed by atoms with Crippen LogP contribution in [0.3, 0.4) is 0 Å². The molecule has 0 radical (unpaired) electrons. The van der Waals surface area contributed by atoms with Gasteiger partial charge in [-0.05, 0) is 36.2 Å². The lowest BCUT2D eigenvalue weighted by molar-refractivity contribution is -0.153. The molecule has 3 rings (SSSR count). The van der Waals surface area contributed by atoms with Crippen LogP contribution < -0.4 is 4.74 Å². The predicted molar refractivity (Wildman–Crippen MR) is 87.1 cm³/mol. The van der Waals surface area contributed by atoms with Crippen LogP contribution in [-0.2, 0) is 12.6 Å². The van der Waals surface area contributed by atoms with Crippen molar-refractivity contribution in [2.24, 2.45) is 0 Å². The van der Waals surface area contributed by atoms with Crippen molar-refractivity contribution in [3.05, 3.63) is 78.0 Å². The number of carbonyl (C=O) groups excluding carboxylic acids is 1. The Bertz CT molecular complexity index is 871. The number of ketones is 1. The SMILES string of the molecule is O=C(CCc1ccc(Oc2ccccc2)cc1)c1ncc(C(F)(F)F)o1. The molecule has 3 aromatic rings. The van der Waals surface area contributed by atoms with Crippen molar-refractivity contribution in [3.8, 4) is 11.5 Å². The zero-order chi connectivity index (χ0) is 18.6. The van der Waals surface area contributed by atoms with Gasteiger partial charge in [0.25, 0.3) is 5.89 Å². The second-order valence-electron chi connectivity index (χ2n) is 5.51. The standard InChI is InChI=1S/C19H14F3NO3/c20-19(21,22)17-12-23-18(26-17)16(24)11-8-13-6-9-15(10-7-13)25-14-4-2-1-3-5-14/h1-7,9-10,12H,8,11H2. The molecular formula is C19H14F3NO3. The first kappa shape index (κ1) is 17.7. The molecule has 0 amide bonds. The molecule has 1 aromatic heterocycles. The average molecular weight is 361 g/mol. The highest BCUT2D eigenvalue weighted by molar-refractivity contribution is 5.91. The van der Waals surface area contributed by atoms with E-state index in [1.807, 2.05) is 30.3 Å². The number of benzene rings is 2. The van der Waals surface area contributed by atoms with Crippen LogP contribution in [0, 0.1) is 0 Å². The molecular weight excluding hydrogens is 347 g/mol. The minimum Gasteiger partial charge on any atom is -0.457 e. The second-order valence-corrected chi connectivity index (χ2v) is 5.51. The summed E-state index contributed by atoms with van der Waals surface area (Å²) in [5.41, 5.74) is 0.848. The number of aromatic nitrogens is 1. The van der Waals surface area contributed by atoms with Gasteiger partial charge in [0, 0.05) is 6.42 Å². The van der Waals surface area contributed by atoms with Gasteiger partial charge >= 0.3 is 6.18 Å². The summed E-state index contributed by atoms with van der Waals surface area (Å²) >= 11 is 0. The number of oxazole rings is 1. The molecule has 26 heavy (non-hydrogen) atoms. The lowest BCUT2D eigenvalue weighted by Gasteiger charge is -2.06. The van der Waals surface area contributed by atoms with Gasteiger partial charge < -0.3 is 9.15 Å². The van der Waals surface area contributed by atoms with Crippen LogP contribution in [0.4, 0.5) is 13.2 Å². The van der Waals surface area contributed by atoms with Crippen LogP contribution in [-0.4, -0.2) is 10.8 Å². The largest absolute Gasteiger partial charge is 0.457 e. The summed E-state index contributed by atoms with van der Waals surface area (Å²) in [7, 11) is 0. The van der Waals surface area contributed by atoms with Crippen LogP contribution >= 0.6 is 0 Å². The number of alkyl halides is 3. The zero-order valence-electron chi connectivity index (χ0n) is 13.5. The summed E-state index contributed by atoms with van der Waals surface area (Å²) in [6.07, 6.45) is -3.78. The Morgan fingerprint density at radius 1 is 1.00 bits per heavy atom. The van der Waals surface area contributed by atoms with Crippen molar-refractivity contribution in [2.45, 2.75) is 19.0 Å². The fraction of sp³-hybridized carbons (Fsp3) is 0.158. The molecule has 0 aliphatic heterocycles. The molecule has 0 fully saturated rings. The monoisotopic (exact) mass is 361 g/mol. The maximum Gasteiger partial charge on any atom is 0.451 e. The maximum absolute atomic E-state index is 12.5. The molecule has 0 saturated heterocycles. The molecule has 0 N–H and O–H groups in total. The first-order chi connectivity index (χ1) is 12.4. The topological polar surface area (TPSA) is 52.3 Å². The Hall–Kier alpha value is -3.09. The van der Waals surface area contributed by atoms with E-state index in [1.54, 1.807) is 24.3 Å². The normalized spacial score (nSPS) is 11.3. The van der Waals surface area contributed by atoms with Gasteiger partial charge in [-0.2, -0.15) is 13.2 Å². The van der Waals surface area contributed by atoms with Crippen molar-refractivity contribution in [1.82, 2.24) is 4.98 Å². The summed E-state index contributed by atoms with van der Waals surface area (Å²) in [4.78, 5) is 15.3. The fourth-order valence-corrected chi connectivity index (χ4v) is 2.25. The molecule has 0 spiro atoms. The number of hydrogen-bond acceptors (Lipinski definition) is 4. The predicted octanol–water partition coefficient (Wildman–Crippen LogP) is 5.30. The first-order valence-electron chi connectivity index (χ1n) is 7.80. The number of aryl methyl sites for hydroxylation is 1. The minimum atomic E-state index is -4.65. The third-order valence-corrected chi connectivity index (χ3v) is 3.57. The average Bonchev–Trinajstić information content (AvgIpc) is 3.12. The highest BCUT2D eigenvalue weighted by atomic mass is 19.4.